The lowest BCUT2D eigenvalue weighted by molar-refractivity contribution is -0.124. The summed E-state index contributed by atoms with van der Waals surface area (Å²) in [6.45, 7) is 0.391. The average Bonchev–Trinajstić information content (AvgIpc) is 3.02. The van der Waals surface area contributed by atoms with Crippen LogP contribution in [0.4, 0.5) is 17.1 Å². The number of anilines is 3. The van der Waals surface area contributed by atoms with E-state index in [2.05, 4.69) is 5.32 Å². The number of hydrogen-bond donors (Lipinski definition) is 1. The molecule has 1 heterocycles. The quantitative estimate of drug-likeness (QED) is 0.551. The maximum atomic E-state index is 12.8. The third-order valence-corrected chi connectivity index (χ3v) is 5.35. The van der Waals surface area contributed by atoms with E-state index in [1.807, 2.05) is 97.5 Å². The number of rotatable bonds is 7. The van der Waals surface area contributed by atoms with Crippen LogP contribution < -0.4 is 20.0 Å². The number of carbonyl (C=O) groups excluding carboxylic acids is 2. The molecule has 0 unspecified atom stereocenters. The topological polar surface area (TPSA) is 79.7 Å². The summed E-state index contributed by atoms with van der Waals surface area (Å²) in [7, 11) is 7.58. The first-order valence-electron chi connectivity index (χ1n) is 10.1. The molecule has 1 aliphatic heterocycles. The zero-order valence-corrected chi connectivity index (χ0v) is 18.3. The Balaban J connectivity index is 1.62. The maximum Gasteiger partial charge on any atom is 0.220 e. The second kappa shape index (κ2) is 9.35. The van der Waals surface area contributed by atoms with Gasteiger partial charge in [0.05, 0.1) is 11.4 Å². The van der Waals surface area contributed by atoms with Crippen molar-refractivity contribution in [2.75, 3.05) is 42.9 Å². The molecule has 7 heteroatoms. The fourth-order valence-corrected chi connectivity index (χ4v) is 3.64. The number of amides is 1. The van der Waals surface area contributed by atoms with Crippen LogP contribution in [0.2, 0.25) is 0 Å². The molecule has 0 saturated heterocycles. The van der Waals surface area contributed by atoms with E-state index in [4.69, 9.17) is 0 Å². The number of allylic oxidation sites excluding steroid dienone is 1. The van der Waals surface area contributed by atoms with Gasteiger partial charge in [0.1, 0.15) is 17.5 Å². The normalized spacial score (nSPS) is 12.3. The molecule has 0 bridgehead atoms. The van der Waals surface area contributed by atoms with Gasteiger partial charge in [-0.25, -0.2) is 0 Å². The molecule has 7 nitrogen and oxygen atoms in total. The van der Waals surface area contributed by atoms with E-state index in [0.717, 1.165) is 22.6 Å². The second-order valence-corrected chi connectivity index (χ2v) is 7.68. The minimum absolute atomic E-state index is 0.0199. The molecule has 0 spiro atoms. The lowest BCUT2D eigenvalue weighted by Crippen LogP contribution is -2.27. The van der Waals surface area contributed by atoms with E-state index in [1.54, 1.807) is 0 Å². The van der Waals surface area contributed by atoms with E-state index in [1.165, 1.54) is 0 Å². The summed E-state index contributed by atoms with van der Waals surface area (Å²) in [5, 5.41) is 12.5. The molecular weight excluding hydrogens is 390 g/mol. The molecule has 2 aromatic rings. The highest BCUT2D eigenvalue weighted by molar-refractivity contribution is 6.03. The lowest BCUT2D eigenvalue weighted by Gasteiger charge is -2.19. The second-order valence-electron chi connectivity index (χ2n) is 7.68. The average molecular weight is 418 g/mol. The molecule has 0 atom stereocenters. The van der Waals surface area contributed by atoms with Crippen molar-refractivity contribution in [1.82, 2.24) is 5.32 Å². The van der Waals surface area contributed by atoms with Gasteiger partial charge in [0, 0.05) is 53.3 Å². The fraction of sp³-hybridized carbons (Fsp3) is 0.292. The van der Waals surface area contributed by atoms with Crippen molar-refractivity contribution in [3.8, 4) is 6.07 Å². The number of carbonyl (C=O) groups is 2. The van der Waals surface area contributed by atoms with Gasteiger partial charge >= 0.3 is 0 Å². The molecule has 1 aliphatic rings. The van der Waals surface area contributed by atoms with Crippen molar-refractivity contribution >= 4 is 28.8 Å². The van der Waals surface area contributed by atoms with Crippen LogP contribution in [0.5, 0.6) is 0 Å². The van der Waals surface area contributed by atoms with Crippen molar-refractivity contribution in [1.29, 1.82) is 5.26 Å². The summed E-state index contributed by atoms with van der Waals surface area (Å²) < 4.78 is 0. The lowest BCUT2D eigenvalue weighted by atomic mass is 10.1. The zero-order valence-electron chi connectivity index (χ0n) is 18.3. The van der Waals surface area contributed by atoms with E-state index < -0.39 is 0 Å². The number of nitrogens with one attached hydrogen (secondary N) is 1. The number of ketones is 1. The van der Waals surface area contributed by atoms with Gasteiger partial charge in [-0.05, 0) is 29.8 Å². The monoisotopic (exact) mass is 417 g/mol. The number of nitrogens with zero attached hydrogens (tertiary/aromatic N) is 4. The van der Waals surface area contributed by atoms with Gasteiger partial charge in [-0.15, -0.1) is 0 Å². The van der Waals surface area contributed by atoms with Crippen LogP contribution in [0, 0.1) is 11.3 Å². The number of fused-ring (bicyclic) bond motifs is 1. The Labute approximate surface area is 183 Å². The molecule has 0 aliphatic carbocycles. The highest BCUT2D eigenvalue weighted by atomic mass is 16.2. The molecule has 3 rings (SSSR count). The fourth-order valence-electron chi connectivity index (χ4n) is 3.64. The Kier molecular flexibility index (Phi) is 6.61. The molecule has 1 amide bonds. The summed E-state index contributed by atoms with van der Waals surface area (Å²) in [5.74, 6) is -0.0225. The maximum absolute atomic E-state index is 12.8. The number of para-hydroxylation sites is 2. The van der Waals surface area contributed by atoms with Crippen LogP contribution in [0.1, 0.15) is 18.4 Å². The first-order chi connectivity index (χ1) is 14.8. The van der Waals surface area contributed by atoms with Crippen molar-refractivity contribution in [2.45, 2.75) is 19.4 Å². The smallest absolute Gasteiger partial charge is 0.220 e. The Morgan fingerprint density at radius 1 is 1.00 bits per heavy atom. The summed E-state index contributed by atoms with van der Waals surface area (Å²) in [6.07, 6.45) is 0.0129. The van der Waals surface area contributed by atoms with Crippen LogP contribution in [-0.2, 0) is 16.1 Å². The number of benzene rings is 2. The summed E-state index contributed by atoms with van der Waals surface area (Å²) >= 11 is 0. The van der Waals surface area contributed by atoms with Crippen molar-refractivity contribution in [3.05, 3.63) is 65.5 Å². The Bertz CT molecular complexity index is 1040. The van der Waals surface area contributed by atoms with E-state index in [0.29, 0.717) is 12.4 Å². The Hall–Kier alpha value is -3.79. The van der Waals surface area contributed by atoms with Gasteiger partial charge in [-0.3, -0.25) is 9.59 Å². The molecule has 1 N–H and O–H groups in total. The minimum Gasteiger partial charge on any atom is -0.378 e. The van der Waals surface area contributed by atoms with Crippen molar-refractivity contribution in [3.63, 3.8) is 0 Å². The first kappa shape index (κ1) is 21.9. The van der Waals surface area contributed by atoms with Gasteiger partial charge in [-0.1, -0.05) is 24.3 Å². The van der Waals surface area contributed by atoms with Gasteiger partial charge < -0.3 is 20.0 Å². The van der Waals surface area contributed by atoms with Gasteiger partial charge in [0.25, 0.3) is 0 Å². The predicted molar refractivity (Wildman–Crippen MR) is 123 cm³/mol. The first-order valence-corrected chi connectivity index (χ1v) is 10.1. The third-order valence-electron chi connectivity index (χ3n) is 5.35. The van der Waals surface area contributed by atoms with Crippen LogP contribution in [0.3, 0.4) is 0 Å². The number of hydrogen-bond acceptors (Lipinski definition) is 6. The molecule has 0 aromatic heterocycles. The highest BCUT2D eigenvalue weighted by Gasteiger charge is 2.31. The van der Waals surface area contributed by atoms with Crippen molar-refractivity contribution < 1.29 is 9.59 Å². The molecular formula is C24H27N5O2. The molecule has 0 fully saturated rings. The van der Waals surface area contributed by atoms with E-state index >= 15 is 0 Å². The summed E-state index contributed by atoms with van der Waals surface area (Å²) in [6, 6.07) is 17.7. The van der Waals surface area contributed by atoms with Crippen LogP contribution in [0.25, 0.3) is 0 Å². The SMILES string of the molecule is CN(C)c1cccc(CNC(=O)CCC(=O)C(C#N)=C2N(C)c3ccccc3N2C)c1. The minimum atomic E-state index is -0.339. The highest BCUT2D eigenvalue weighted by Crippen LogP contribution is 2.40. The zero-order chi connectivity index (χ0) is 22.5. The molecule has 2 aromatic carbocycles. The van der Waals surface area contributed by atoms with Gasteiger partial charge in [-0.2, -0.15) is 5.26 Å². The summed E-state index contributed by atoms with van der Waals surface area (Å²) in [4.78, 5) is 30.7. The predicted octanol–water partition coefficient (Wildman–Crippen LogP) is 3.04. The third kappa shape index (κ3) is 4.69. The summed E-state index contributed by atoms with van der Waals surface area (Å²) in [5.41, 5.74) is 3.96. The molecule has 160 valence electrons. The number of Topliss-reactive ketones (excluding diaryl/α,β-unsaturated/α-hetero) is 1. The Morgan fingerprint density at radius 3 is 2.23 bits per heavy atom. The van der Waals surface area contributed by atoms with Gasteiger partial charge in [0.2, 0.25) is 5.91 Å². The number of nitriles is 1. The van der Waals surface area contributed by atoms with Crippen LogP contribution >= 0.6 is 0 Å². The largest absolute Gasteiger partial charge is 0.378 e. The molecule has 31 heavy (non-hydrogen) atoms. The molecule has 0 saturated carbocycles. The van der Waals surface area contributed by atoms with E-state index in [9.17, 15) is 14.9 Å². The standard InChI is InChI=1S/C24H27N5O2/c1-27(2)18-9-7-8-17(14-18)16-26-23(31)13-12-22(30)19(15-25)24-28(3)20-10-5-6-11-21(20)29(24)4/h5-11,14H,12-13,16H2,1-4H3,(H,26,31). The van der Waals surface area contributed by atoms with E-state index in [-0.39, 0.29) is 30.1 Å². The molecule has 0 radical (unpaired) electrons. The Morgan fingerprint density at radius 2 is 1.65 bits per heavy atom. The van der Waals surface area contributed by atoms with Crippen LogP contribution in [-0.4, -0.2) is 39.9 Å². The van der Waals surface area contributed by atoms with Crippen LogP contribution in [0.15, 0.2) is 59.9 Å². The van der Waals surface area contributed by atoms with Crippen molar-refractivity contribution in [2.24, 2.45) is 0 Å². The van der Waals surface area contributed by atoms with Gasteiger partial charge in [0.15, 0.2) is 5.78 Å².